The van der Waals surface area contributed by atoms with Crippen molar-refractivity contribution in [2.24, 2.45) is 5.92 Å². The Labute approximate surface area is 172 Å². The molecule has 0 aromatic heterocycles. The van der Waals surface area contributed by atoms with Gasteiger partial charge in [0.15, 0.2) is 0 Å². The first-order chi connectivity index (χ1) is 13.7. The molecule has 0 aliphatic carbocycles. The maximum absolute atomic E-state index is 12.7. The molecule has 1 N–H and O–H groups in total. The summed E-state index contributed by atoms with van der Waals surface area (Å²) < 4.78 is 0. The number of aryl methyl sites for hydroxylation is 1. The van der Waals surface area contributed by atoms with Crippen molar-refractivity contribution < 1.29 is 4.79 Å². The van der Waals surface area contributed by atoms with Crippen molar-refractivity contribution in [2.75, 3.05) is 29.9 Å². The van der Waals surface area contributed by atoms with Crippen LogP contribution in [0.1, 0.15) is 31.2 Å². The third-order valence-electron chi connectivity index (χ3n) is 6.11. The Bertz CT molecular complexity index is 791. The van der Waals surface area contributed by atoms with Crippen molar-refractivity contribution >= 4 is 23.4 Å². The van der Waals surface area contributed by atoms with Gasteiger partial charge in [0.1, 0.15) is 0 Å². The molecule has 2 fully saturated rings. The fraction of sp³-hybridized carbons (Fsp3) is 0.458. The van der Waals surface area contributed by atoms with Crippen molar-refractivity contribution in [1.82, 2.24) is 4.90 Å². The second kappa shape index (κ2) is 9.15. The van der Waals surface area contributed by atoms with Gasteiger partial charge < -0.3 is 10.2 Å². The first kappa shape index (κ1) is 19.5. The summed E-state index contributed by atoms with van der Waals surface area (Å²) in [5, 5.41) is 3.14. The highest BCUT2D eigenvalue weighted by Crippen LogP contribution is 2.27. The number of likely N-dealkylation sites (tertiary alicyclic amines) is 1. The molecule has 148 valence electrons. The van der Waals surface area contributed by atoms with E-state index >= 15 is 0 Å². The summed E-state index contributed by atoms with van der Waals surface area (Å²) in [4.78, 5) is 15.3. The molecule has 0 saturated carbocycles. The zero-order valence-corrected chi connectivity index (χ0v) is 17.5. The highest BCUT2D eigenvalue weighted by molar-refractivity contribution is 7.99. The van der Waals surface area contributed by atoms with Crippen molar-refractivity contribution in [3.8, 4) is 11.1 Å². The van der Waals surface area contributed by atoms with Crippen LogP contribution in [0.5, 0.6) is 0 Å². The van der Waals surface area contributed by atoms with Gasteiger partial charge in [-0.2, -0.15) is 11.8 Å². The van der Waals surface area contributed by atoms with E-state index in [-0.39, 0.29) is 11.8 Å². The molecule has 4 heteroatoms. The van der Waals surface area contributed by atoms with Crippen LogP contribution in [0.4, 0.5) is 5.69 Å². The van der Waals surface area contributed by atoms with E-state index in [1.165, 1.54) is 41.0 Å². The van der Waals surface area contributed by atoms with E-state index in [0.717, 1.165) is 37.7 Å². The molecule has 0 spiro atoms. The second-order valence-corrected chi connectivity index (χ2v) is 9.31. The molecule has 0 bridgehead atoms. The van der Waals surface area contributed by atoms with Crippen LogP contribution in [0.3, 0.4) is 0 Å². The van der Waals surface area contributed by atoms with Crippen LogP contribution in [0.2, 0.25) is 0 Å². The summed E-state index contributed by atoms with van der Waals surface area (Å²) in [7, 11) is 0. The number of thioether (sulfide) groups is 1. The average Bonchev–Trinajstić information content (AvgIpc) is 2.75. The lowest BCUT2D eigenvalue weighted by atomic mass is 9.93. The van der Waals surface area contributed by atoms with E-state index in [0.29, 0.717) is 0 Å². The summed E-state index contributed by atoms with van der Waals surface area (Å²) >= 11 is 2.08. The largest absolute Gasteiger partial charge is 0.326 e. The Morgan fingerprint density at radius 2 is 1.68 bits per heavy atom. The summed E-state index contributed by atoms with van der Waals surface area (Å²) in [5.74, 6) is 2.92. The van der Waals surface area contributed by atoms with E-state index in [1.807, 2.05) is 12.1 Å². The molecule has 2 aromatic rings. The average molecular weight is 395 g/mol. The van der Waals surface area contributed by atoms with Gasteiger partial charge in [0, 0.05) is 17.6 Å². The van der Waals surface area contributed by atoms with Crippen molar-refractivity contribution in [3.05, 3.63) is 54.1 Å². The van der Waals surface area contributed by atoms with E-state index in [2.05, 4.69) is 65.3 Å². The van der Waals surface area contributed by atoms with Crippen LogP contribution in [0.15, 0.2) is 48.5 Å². The molecule has 4 rings (SSSR count). The number of carbonyl (C=O) groups excluding carboxylic acids is 1. The smallest absolute Gasteiger partial charge is 0.227 e. The van der Waals surface area contributed by atoms with Gasteiger partial charge in [0.2, 0.25) is 5.91 Å². The molecule has 28 heavy (non-hydrogen) atoms. The summed E-state index contributed by atoms with van der Waals surface area (Å²) in [6.45, 7) is 4.25. The van der Waals surface area contributed by atoms with Crippen LogP contribution < -0.4 is 5.32 Å². The topological polar surface area (TPSA) is 32.3 Å². The van der Waals surface area contributed by atoms with Crippen LogP contribution >= 0.6 is 11.8 Å². The Balaban J connectivity index is 1.30. The van der Waals surface area contributed by atoms with Crippen molar-refractivity contribution in [1.29, 1.82) is 0 Å². The van der Waals surface area contributed by atoms with E-state index in [4.69, 9.17) is 0 Å². The molecule has 0 unspecified atom stereocenters. The number of amides is 1. The number of nitrogens with zero attached hydrogens (tertiary/aromatic N) is 1. The lowest BCUT2D eigenvalue weighted by Gasteiger charge is -2.38. The third kappa shape index (κ3) is 4.79. The van der Waals surface area contributed by atoms with Crippen LogP contribution in [-0.4, -0.2) is 41.4 Å². The molecule has 2 aliphatic rings. The Kier molecular flexibility index (Phi) is 6.38. The molecule has 3 nitrogen and oxygen atoms in total. The Morgan fingerprint density at radius 1 is 0.964 bits per heavy atom. The van der Waals surface area contributed by atoms with E-state index in [9.17, 15) is 4.79 Å². The van der Waals surface area contributed by atoms with Gasteiger partial charge in [-0.1, -0.05) is 42.0 Å². The lowest BCUT2D eigenvalue weighted by Crippen LogP contribution is -2.45. The van der Waals surface area contributed by atoms with Crippen molar-refractivity contribution in [3.63, 3.8) is 0 Å². The molecule has 1 amide bonds. The normalized spacial score (nSPS) is 19.5. The number of nitrogens with one attached hydrogen (secondary N) is 1. The summed E-state index contributed by atoms with van der Waals surface area (Å²) in [6, 6.07) is 17.5. The predicted octanol–water partition coefficient (Wildman–Crippen LogP) is 5.21. The highest BCUT2D eigenvalue weighted by atomic mass is 32.2. The molecule has 2 saturated heterocycles. The Morgan fingerprint density at radius 3 is 2.36 bits per heavy atom. The number of rotatable bonds is 4. The number of carbonyl (C=O) groups is 1. The van der Waals surface area contributed by atoms with E-state index in [1.54, 1.807) is 0 Å². The fourth-order valence-electron chi connectivity index (χ4n) is 4.39. The van der Waals surface area contributed by atoms with Gasteiger partial charge in [0.05, 0.1) is 0 Å². The Hall–Kier alpha value is -1.78. The number of piperidine rings is 1. The molecule has 2 aliphatic heterocycles. The second-order valence-electron chi connectivity index (χ2n) is 8.09. The fourth-order valence-corrected chi connectivity index (χ4v) is 5.47. The molecule has 2 heterocycles. The molecular formula is C24H30N2OS. The number of hydrogen-bond donors (Lipinski definition) is 1. The standard InChI is InChI=1S/C24H30N2OS/c1-18-3-2-4-21(17-18)19-5-7-22(8-6-19)25-24(27)20-9-13-26(14-10-20)23-11-15-28-16-12-23/h2-8,17,20,23H,9-16H2,1H3,(H,25,27). The van der Waals surface area contributed by atoms with Gasteiger partial charge in [-0.25, -0.2) is 0 Å². The van der Waals surface area contributed by atoms with Gasteiger partial charge in [-0.05, 0) is 80.5 Å². The first-order valence-electron chi connectivity index (χ1n) is 10.5. The van der Waals surface area contributed by atoms with Crippen LogP contribution in [0, 0.1) is 12.8 Å². The maximum Gasteiger partial charge on any atom is 0.227 e. The first-order valence-corrected chi connectivity index (χ1v) is 11.6. The van der Waals surface area contributed by atoms with Crippen LogP contribution in [0.25, 0.3) is 11.1 Å². The predicted molar refractivity (Wildman–Crippen MR) is 120 cm³/mol. The highest BCUT2D eigenvalue weighted by Gasteiger charge is 2.29. The third-order valence-corrected chi connectivity index (χ3v) is 7.16. The van der Waals surface area contributed by atoms with Crippen molar-refractivity contribution in [2.45, 2.75) is 38.6 Å². The quantitative estimate of drug-likeness (QED) is 0.773. The summed E-state index contributed by atoms with van der Waals surface area (Å²) in [5.41, 5.74) is 4.55. The maximum atomic E-state index is 12.7. The minimum atomic E-state index is 0.144. The number of anilines is 1. The monoisotopic (exact) mass is 394 g/mol. The van der Waals surface area contributed by atoms with Crippen LogP contribution in [-0.2, 0) is 4.79 Å². The zero-order chi connectivity index (χ0) is 19.3. The molecule has 0 radical (unpaired) electrons. The van der Waals surface area contributed by atoms with E-state index < -0.39 is 0 Å². The number of benzene rings is 2. The molecule has 0 atom stereocenters. The minimum absolute atomic E-state index is 0.144. The summed E-state index contributed by atoms with van der Waals surface area (Å²) in [6.07, 6.45) is 4.59. The minimum Gasteiger partial charge on any atom is -0.326 e. The lowest BCUT2D eigenvalue weighted by molar-refractivity contribution is -0.121. The molecular weight excluding hydrogens is 364 g/mol. The van der Waals surface area contributed by atoms with Gasteiger partial charge in [-0.15, -0.1) is 0 Å². The number of hydrogen-bond acceptors (Lipinski definition) is 3. The van der Waals surface area contributed by atoms with Gasteiger partial charge >= 0.3 is 0 Å². The zero-order valence-electron chi connectivity index (χ0n) is 16.7. The van der Waals surface area contributed by atoms with Gasteiger partial charge in [-0.3, -0.25) is 4.79 Å². The SMILES string of the molecule is Cc1cccc(-c2ccc(NC(=O)C3CCN(C4CCSCC4)CC3)cc2)c1. The molecule has 2 aromatic carbocycles. The van der Waals surface area contributed by atoms with Gasteiger partial charge in [0.25, 0.3) is 0 Å².